The Labute approximate surface area is 119 Å². The van der Waals surface area contributed by atoms with Crippen molar-refractivity contribution < 1.29 is 5.11 Å². The molecule has 1 N–H and O–H groups in total. The van der Waals surface area contributed by atoms with Crippen LogP contribution in [-0.4, -0.2) is 11.2 Å². The normalized spacial score (nSPS) is 14.5. The molecule has 0 aliphatic heterocycles. The van der Waals surface area contributed by atoms with Gasteiger partial charge in [-0.05, 0) is 45.4 Å². The van der Waals surface area contributed by atoms with Gasteiger partial charge >= 0.3 is 0 Å². The minimum absolute atomic E-state index is 0.330. The van der Waals surface area contributed by atoms with Gasteiger partial charge in [0.05, 0.1) is 6.10 Å². The van der Waals surface area contributed by atoms with E-state index >= 15 is 0 Å². The Morgan fingerprint density at radius 2 is 1.32 bits per heavy atom. The van der Waals surface area contributed by atoms with Crippen molar-refractivity contribution in [3.63, 3.8) is 0 Å². The third-order valence-corrected chi connectivity index (χ3v) is 2.76. The van der Waals surface area contributed by atoms with Crippen molar-refractivity contribution in [1.29, 1.82) is 0 Å². The van der Waals surface area contributed by atoms with Gasteiger partial charge in [-0.3, -0.25) is 0 Å². The van der Waals surface area contributed by atoms with Gasteiger partial charge in [-0.15, -0.1) is 0 Å². The Morgan fingerprint density at radius 1 is 0.789 bits per heavy atom. The summed E-state index contributed by atoms with van der Waals surface area (Å²) in [6, 6.07) is 0. The first kappa shape index (κ1) is 17.9. The lowest BCUT2D eigenvalue weighted by Gasteiger charge is -1.99. The van der Waals surface area contributed by atoms with E-state index in [-0.39, 0.29) is 6.10 Å². The molecule has 0 amide bonds. The van der Waals surface area contributed by atoms with Crippen molar-refractivity contribution in [2.24, 2.45) is 0 Å². The van der Waals surface area contributed by atoms with Crippen molar-refractivity contribution in [3.05, 3.63) is 48.6 Å². The quantitative estimate of drug-likeness (QED) is 0.393. The van der Waals surface area contributed by atoms with E-state index in [1.54, 1.807) is 0 Å². The summed E-state index contributed by atoms with van der Waals surface area (Å²) in [4.78, 5) is 0. The second-order valence-corrected chi connectivity index (χ2v) is 4.69. The Kier molecular flexibility index (Phi) is 14.1. The molecule has 0 heterocycles. The van der Waals surface area contributed by atoms with Crippen molar-refractivity contribution in [1.82, 2.24) is 0 Å². The van der Waals surface area contributed by atoms with Crippen LogP contribution in [0.25, 0.3) is 0 Å². The SMILES string of the molecule is C/C=C/CC(O)/C=C/CC/C=C/CC/C=C/CCC. The van der Waals surface area contributed by atoms with Crippen LogP contribution in [0.3, 0.4) is 0 Å². The van der Waals surface area contributed by atoms with Crippen LogP contribution in [0.2, 0.25) is 0 Å². The van der Waals surface area contributed by atoms with E-state index in [9.17, 15) is 5.11 Å². The Hall–Kier alpha value is -1.08. The highest BCUT2D eigenvalue weighted by Gasteiger charge is 1.92. The van der Waals surface area contributed by atoms with E-state index in [4.69, 9.17) is 0 Å². The van der Waals surface area contributed by atoms with Crippen LogP contribution in [0.4, 0.5) is 0 Å². The highest BCUT2D eigenvalue weighted by molar-refractivity contribution is 4.95. The fraction of sp³-hybridized carbons (Fsp3) is 0.556. The fourth-order valence-corrected chi connectivity index (χ4v) is 1.63. The second-order valence-electron chi connectivity index (χ2n) is 4.69. The minimum atomic E-state index is -0.330. The Morgan fingerprint density at radius 3 is 1.84 bits per heavy atom. The first-order valence-electron chi connectivity index (χ1n) is 7.57. The lowest BCUT2D eigenvalue weighted by molar-refractivity contribution is 0.226. The first-order chi connectivity index (χ1) is 9.31. The largest absolute Gasteiger partial charge is 0.389 e. The Bertz CT molecular complexity index is 284. The summed E-state index contributed by atoms with van der Waals surface area (Å²) in [5.41, 5.74) is 0. The lowest BCUT2D eigenvalue weighted by Crippen LogP contribution is -1.98. The van der Waals surface area contributed by atoms with Crippen molar-refractivity contribution >= 4 is 0 Å². The second kappa shape index (κ2) is 15.0. The van der Waals surface area contributed by atoms with Gasteiger partial charge < -0.3 is 5.11 Å². The average Bonchev–Trinajstić information content (AvgIpc) is 2.42. The third-order valence-electron chi connectivity index (χ3n) is 2.76. The summed E-state index contributed by atoms with van der Waals surface area (Å²) >= 11 is 0. The smallest absolute Gasteiger partial charge is 0.0755 e. The van der Waals surface area contributed by atoms with E-state index in [1.165, 1.54) is 12.8 Å². The van der Waals surface area contributed by atoms with E-state index in [0.29, 0.717) is 6.42 Å². The zero-order valence-electron chi connectivity index (χ0n) is 12.6. The predicted octanol–water partition coefficient (Wildman–Crippen LogP) is 5.34. The molecule has 108 valence electrons. The average molecular weight is 262 g/mol. The topological polar surface area (TPSA) is 20.2 Å². The molecule has 0 aliphatic carbocycles. The maximum absolute atomic E-state index is 9.56. The van der Waals surface area contributed by atoms with Crippen LogP contribution >= 0.6 is 0 Å². The molecule has 19 heavy (non-hydrogen) atoms. The number of aliphatic hydroxyl groups is 1. The minimum Gasteiger partial charge on any atom is -0.389 e. The molecule has 0 rings (SSSR count). The standard InChI is InChI=1S/C18H30O/c1-3-5-7-8-9-10-11-12-13-14-15-17-18(19)16-6-4-2/h4,6-8,11-12,15,17-19H,3,5,9-10,13-14,16H2,1-2H3/b6-4+,8-7+,12-11+,17-15+. The lowest BCUT2D eigenvalue weighted by atomic mass is 10.2. The number of unbranched alkanes of at least 4 members (excludes halogenated alkanes) is 3. The number of aliphatic hydroxyl groups excluding tert-OH is 1. The van der Waals surface area contributed by atoms with Gasteiger partial charge in [0.1, 0.15) is 0 Å². The van der Waals surface area contributed by atoms with Crippen molar-refractivity contribution in [2.45, 2.75) is 64.9 Å². The van der Waals surface area contributed by atoms with E-state index in [0.717, 1.165) is 25.7 Å². The summed E-state index contributed by atoms with van der Waals surface area (Å²) in [5.74, 6) is 0. The van der Waals surface area contributed by atoms with Crippen LogP contribution in [-0.2, 0) is 0 Å². The first-order valence-corrected chi connectivity index (χ1v) is 7.57. The zero-order valence-corrected chi connectivity index (χ0v) is 12.6. The summed E-state index contributed by atoms with van der Waals surface area (Å²) in [6.07, 6.45) is 24.1. The molecule has 0 radical (unpaired) electrons. The van der Waals surface area contributed by atoms with Gasteiger partial charge in [0.2, 0.25) is 0 Å². The number of hydrogen-bond donors (Lipinski definition) is 1. The van der Waals surface area contributed by atoms with Gasteiger partial charge in [0.25, 0.3) is 0 Å². The van der Waals surface area contributed by atoms with Gasteiger partial charge in [0, 0.05) is 0 Å². The number of rotatable bonds is 11. The summed E-state index contributed by atoms with van der Waals surface area (Å²) in [7, 11) is 0. The van der Waals surface area contributed by atoms with E-state index in [1.807, 2.05) is 25.2 Å². The molecule has 1 atom stereocenters. The maximum Gasteiger partial charge on any atom is 0.0755 e. The highest BCUT2D eigenvalue weighted by Crippen LogP contribution is 2.01. The molecule has 0 saturated carbocycles. The van der Waals surface area contributed by atoms with Crippen molar-refractivity contribution in [2.75, 3.05) is 0 Å². The molecular weight excluding hydrogens is 232 g/mol. The maximum atomic E-state index is 9.56. The van der Waals surface area contributed by atoms with E-state index < -0.39 is 0 Å². The Balaban J connectivity index is 3.44. The van der Waals surface area contributed by atoms with Crippen LogP contribution in [0.15, 0.2) is 48.6 Å². The molecule has 1 heteroatoms. The molecule has 1 nitrogen and oxygen atoms in total. The summed E-state index contributed by atoms with van der Waals surface area (Å²) in [5, 5.41) is 9.56. The summed E-state index contributed by atoms with van der Waals surface area (Å²) in [6.45, 7) is 4.17. The number of allylic oxidation sites excluding steroid dienone is 6. The third kappa shape index (κ3) is 14.9. The zero-order chi connectivity index (χ0) is 14.2. The molecule has 0 aliphatic rings. The van der Waals surface area contributed by atoms with Gasteiger partial charge in [-0.2, -0.15) is 0 Å². The van der Waals surface area contributed by atoms with E-state index in [2.05, 4.69) is 37.3 Å². The van der Waals surface area contributed by atoms with Crippen LogP contribution < -0.4 is 0 Å². The van der Waals surface area contributed by atoms with Crippen LogP contribution in [0, 0.1) is 0 Å². The molecule has 0 saturated heterocycles. The molecule has 0 aromatic carbocycles. The van der Waals surface area contributed by atoms with Crippen molar-refractivity contribution in [3.8, 4) is 0 Å². The highest BCUT2D eigenvalue weighted by atomic mass is 16.3. The van der Waals surface area contributed by atoms with Gasteiger partial charge in [-0.1, -0.05) is 62.0 Å². The van der Waals surface area contributed by atoms with Gasteiger partial charge in [-0.25, -0.2) is 0 Å². The monoisotopic (exact) mass is 262 g/mol. The van der Waals surface area contributed by atoms with Crippen LogP contribution in [0.5, 0.6) is 0 Å². The fourth-order valence-electron chi connectivity index (χ4n) is 1.63. The molecule has 0 bridgehead atoms. The predicted molar refractivity (Wildman–Crippen MR) is 86.2 cm³/mol. The molecule has 1 unspecified atom stereocenters. The summed E-state index contributed by atoms with van der Waals surface area (Å²) < 4.78 is 0. The molecule has 0 aromatic rings. The van der Waals surface area contributed by atoms with Crippen LogP contribution in [0.1, 0.15) is 58.8 Å². The molecule has 0 aromatic heterocycles. The number of hydrogen-bond acceptors (Lipinski definition) is 1. The van der Waals surface area contributed by atoms with Gasteiger partial charge in [0.15, 0.2) is 0 Å². The molecular formula is C18H30O. The molecule has 0 spiro atoms. The molecule has 0 fully saturated rings.